The first-order chi connectivity index (χ1) is 14.7. The zero-order chi connectivity index (χ0) is 22.3. The average molecular weight is 444 g/mol. The lowest BCUT2D eigenvalue weighted by Gasteiger charge is -2.35. The van der Waals surface area contributed by atoms with Crippen LogP contribution in [0.1, 0.15) is 18.4 Å². The largest absolute Gasteiger partial charge is 0.352 e. The lowest BCUT2D eigenvalue weighted by Crippen LogP contribution is -2.49. The van der Waals surface area contributed by atoms with Crippen molar-refractivity contribution in [1.82, 2.24) is 24.1 Å². The summed E-state index contributed by atoms with van der Waals surface area (Å²) in [7, 11) is -1.76. The third-order valence-corrected chi connectivity index (χ3v) is 7.21. The van der Waals surface area contributed by atoms with Crippen LogP contribution in [0.3, 0.4) is 0 Å². The quantitative estimate of drug-likeness (QED) is 0.649. The smallest absolute Gasteiger partial charge is 0.243 e. The van der Waals surface area contributed by atoms with Gasteiger partial charge in [-0.1, -0.05) is 0 Å². The van der Waals surface area contributed by atoms with E-state index in [2.05, 4.69) is 25.3 Å². The molecule has 1 aliphatic rings. The van der Waals surface area contributed by atoms with Crippen molar-refractivity contribution in [3.8, 4) is 0 Å². The summed E-state index contributed by atoms with van der Waals surface area (Å²) in [5, 5.41) is 7.10. The van der Waals surface area contributed by atoms with Crippen LogP contribution in [0.4, 0.5) is 11.5 Å². The number of carbonyl (C=O) groups excluding carboxylic acids is 1. The van der Waals surface area contributed by atoms with Crippen LogP contribution in [0.2, 0.25) is 0 Å². The molecule has 11 heteroatoms. The van der Waals surface area contributed by atoms with Gasteiger partial charge in [0.1, 0.15) is 16.9 Å². The van der Waals surface area contributed by atoms with Crippen LogP contribution >= 0.6 is 0 Å². The predicted molar refractivity (Wildman–Crippen MR) is 117 cm³/mol. The molecule has 0 atom stereocenters. The molecular formula is C20H25N7O3S. The topological polar surface area (TPSA) is 113 Å². The summed E-state index contributed by atoms with van der Waals surface area (Å²) in [5.41, 5.74) is 3.08. The number of aromatic nitrogens is 4. The van der Waals surface area contributed by atoms with Crippen molar-refractivity contribution in [1.29, 1.82) is 0 Å². The van der Waals surface area contributed by atoms with Crippen LogP contribution in [0.25, 0.3) is 11.0 Å². The minimum absolute atomic E-state index is 0.204. The van der Waals surface area contributed by atoms with Gasteiger partial charge >= 0.3 is 0 Å². The molecular weight excluding hydrogens is 418 g/mol. The van der Waals surface area contributed by atoms with E-state index in [-0.39, 0.29) is 10.8 Å². The molecule has 3 heterocycles. The maximum Gasteiger partial charge on any atom is 0.243 e. The molecule has 3 aromatic rings. The second kappa shape index (κ2) is 7.89. The third kappa shape index (κ3) is 3.98. The summed E-state index contributed by atoms with van der Waals surface area (Å²) in [6.07, 6.45) is 0. The summed E-state index contributed by atoms with van der Waals surface area (Å²) in [5.74, 6) is 1.24. The minimum atomic E-state index is -3.62. The Hall–Kier alpha value is -3.05. The minimum Gasteiger partial charge on any atom is -0.352 e. The van der Waals surface area contributed by atoms with Crippen molar-refractivity contribution >= 4 is 38.5 Å². The first-order valence-corrected chi connectivity index (χ1v) is 11.4. The van der Waals surface area contributed by atoms with E-state index in [1.54, 1.807) is 16.8 Å². The van der Waals surface area contributed by atoms with Gasteiger partial charge in [0.25, 0.3) is 0 Å². The van der Waals surface area contributed by atoms with Crippen LogP contribution in [0, 0.1) is 13.8 Å². The van der Waals surface area contributed by atoms with Gasteiger partial charge < -0.3 is 10.2 Å². The molecule has 1 fully saturated rings. The Bertz CT molecular complexity index is 1240. The van der Waals surface area contributed by atoms with Gasteiger partial charge in [-0.3, -0.25) is 9.48 Å². The normalized spacial score (nSPS) is 15.4. The number of hydrogen-bond donors (Lipinski definition) is 1. The number of rotatable bonds is 4. The second-order valence-electron chi connectivity index (χ2n) is 7.60. The summed E-state index contributed by atoms with van der Waals surface area (Å²) < 4.78 is 29.4. The highest BCUT2D eigenvalue weighted by Crippen LogP contribution is 2.27. The monoisotopic (exact) mass is 443 g/mol. The highest BCUT2D eigenvalue weighted by atomic mass is 32.2. The first kappa shape index (κ1) is 21.2. The number of hydrogen-bond acceptors (Lipinski definition) is 7. The van der Waals surface area contributed by atoms with Crippen molar-refractivity contribution in [2.24, 2.45) is 7.05 Å². The summed E-state index contributed by atoms with van der Waals surface area (Å²) in [4.78, 5) is 22.6. The fourth-order valence-corrected chi connectivity index (χ4v) is 5.27. The van der Waals surface area contributed by atoms with Gasteiger partial charge in [-0.2, -0.15) is 9.40 Å². The Balaban J connectivity index is 1.54. The molecule has 4 rings (SSSR count). The van der Waals surface area contributed by atoms with Crippen molar-refractivity contribution in [3.63, 3.8) is 0 Å². The molecule has 0 aliphatic carbocycles. The maximum atomic E-state index is 13.1. The first-order valence-electron chi connectivity index (χ1n) is 9.97. The number of sulfonamides is 1. The van der Waals surface area contributed by atoms with Crippen molar-refractivity contribution in [2.75, 3.05) is 36.4 Å². The van der Waals surface area contributed by atoms with Crippen LogP contribution in [0.5, 0.6) is 0 Å². The van der Waals surface area contributed by atoms with E-state index in [0.717, 1.165) is 22.5 Å². The molecule has 1 saturated heterocycles. The molecule has 164 valence electrons. The number of nitrogens with one attached hydrogen (secondary N) is 1. The van der Waals surface area contributed by atoms with Crippen molar-refractivity contribution in [2.45, 2.75) is 25.7 Å². The molecule has 1 aliphatic heterocycles. The van der Waals surface area contributed by atoms with Gasteiger partial charge in [0.2, 0.25) is 15.9 Å². The number of piperazine rings is 1. The predicted octanol–water partition coefficient (Wildman–Crippen LogP) is 1.45. The van der Waals surface area contributed by atoms with Crippen LogP contribution in [-0.2, 0) is 21.9 Å². The fraction of sp³-hybridized carbons (Fsp3) is 0.400. The summed E-state index contributed by atoms with van der Waals surface area (Å²) in [6, 6.07) is 6.22. The van der Waals surface area contributed by atoms with E-state index in [1.807, 2.05) is 20.9 Å². The van der Waals surface area contributed by atoms with Crippen LogP contribution < -0.4 is 10.2 Å². The molecule has 0 spiro atoms. The standard InChI is InChI=1S/C20H25N7O3S/c1-13-18-19(25(4)24-13)20(22-14(2)21-18)26-9-11-27(12-10-26)31(29,30)17-7-5-16(6-8-17)23-15(3)28/h5-8H,9-12H2,1-4H3,(H,23,28). The molecule has 10 nitrogen and oxygen atoms in total. The lowest BCUT2D eigenvalue weighted by atomic mass is 10.3. The van der Waals surface area contributed by atoms with Gasteiger partial charge in [0, 0.05) is 45.8 Å². The highest BCUT2D eigenvalue weighted by Gasteiger charge is 2.30. The molecule has 0 saturated carbocycles. The SMILES string of the molecule is CC(=O)Nc1ccc(S(=O)(=O)N2CCN(c3nc(C)nc4c(C)nn(C)c34)CC2)cc1. The Morgan fingerprint density at radius 1 is 1.03 bits per heavy atom. The van der Waals surface area contributed by atoms with Gasteiger partial charge in [-0.05, 0) is 38.1 Å². The molecule has 1 aromatic carbocycles. The Labute approximate surface area is 180 Å². The van der Waals surface area contributed by atoms with E-state index in [1.165, 1.54) is 23.4 Å². The molecule has 1 amide bonds. The summed E-state index contributed by atoms with van der Waals surface area (Å²) >= 11 is 0. The number of carbonyl (C=O) groups is 1. The van der Waals surface area contributed by atoms with E-state index in [9.17, 15) is 13.2 Å². The highest BCUT2D eigenvalue weighted by molar-refractivity contribution is 7.89. The number of benzene rings is 1. The Morgan fingerprint density at radius 2 is 1.68 bits per heavy atom. The van der Waals surface area contributed by atoms with Gasteiger partial charge in [-0.25, -0.2) is 18.4 Å². The molecule has 1 N–H and O–H groups in total. The Kier molecular flexibility index (Phi) is 5.40. The van der Waals surface area contributed by atoms with E-state index in [4.69, 9.17) is 0 Å². The summed E-state index contributed by atoms with van der Waals surface area (Å²) in [6.45, 7) is 6.89. The lowest BCUT2D eigenvalue weighted by molar-refractivity contribution is -0.114. The number of nitrogens with zero attached hydrogens (tertiary/aromatic N) is 6. The number of amides is 1. The van der Waals surface area contributed by atoms with E-state index >= 15 is 0 Å². The fourth-order valence-electron chi connectivity index (χ4n) is 3.85. The number of anilines is 2. The van der Waals surface area contributed by atoms with Gasteiger partial charge in [0.15, 0.2) is 5.82 Å². The second-order valence-corrected chi connectivity index (χ2v) is 9.54. The number of aryl methyl sites for hydroxylation is 3. The van der Waals surface area contributed by atoms with Crippen molar-refractivity contribution < 1.29 is 13.2 Å². The zero-order valence-electron chi connectivity index (χ0n) is 18.0. The molecule has 0 radical (unpaired) electrons. The van der Waals surface area contributed by atoms with Gasteiger partial charge in [0.05, 0.1) is 10.6 Å². The number of fused-ring (bicyclic) bond motifs is 1. The maximum absolute atomic E-state index is 13.1. The van der Waals surface area contributed by atoms with Crippen molar-refractivity contribution in [3.05, 3.63) is 35.8 Å². The van der Waals surface area contributed by atoms with E-state index in [0.29, 0.717) is 37.7 Å². The third-order valence-electron chi connectivity index (χ3n) is 5.29. The molecule has 2 aromatic heterocycles. The average Bonchev–Trinajstić information content (AvgIpc) is 3.01. The molecule has 0 bridgehead atoms. The van der Waals surface area contributed by atoms with Gasteiger partial charge in [-0.15, -0.1) is 0 Å². The molecule has 31 heavy (non-hydrogen) atoms. The van der Waals surface area contributed by atoms with Crippen LogP contribution in [0.15, 0.2) is 29.2 Å². The van der Waals surface area contributed by atoms with E-state index < -0.39 is 10.0 Å². The zero-order valence-corrected chi connectivity index (χ0v) is 18.8. The Morgan fingerprint density at radius 3 is 2.29 bits per heavy atom. The van der Waals surface area contributed by atoms with Crippen LogP contribution in [-0.4, -0.2) is 64.6 Å². The molecule has 0 unspecified atom stereocenters.